The Labute approximate surface area is 135 Å². The molecule has 1 aromatic heterocycles. The summed E-state index contributed by atoms with van der Waals surface area (Å²) in [6, 6.07) is 7.85. The number of hydrogen-bond acceptors (Lipinski definition) is 5. The van der Waals surface area contributed by atoms with Gasteiger partial charge in [0.05, 0.1) is 12.2 Å². The molecule has 7 heteroatoms. The zero-order chi connectivity index (χ0) is 16.4. The molecule has 0 aliphatic carbocycles. The summed E-state index contributed by atoms with van der Waals surface area (Å²) in [6.07, 6.45) is 0.0999. The van der Waals surface area contributed by atoms with Gasteiger partial charge < -0.3 is 9.64 Å². The van der Waals surface area contributed by atoms with Crippen LogP contribution in [0.3, 0.4) is 0 Å². The van der Waals surface area contributed by atoms with Crippen LogP contribution < -0.4 is 0 Å². The first-order chi connectivity index (χ1) is 11.0. The van der Waals surface area contributed by atoms with Crippen LogP contribution in [-0.4, -0.2) is 56.3 Å². The predicted octanol–water partition coefficient (Wildman–Crippen LogP) is 1.28. The van der Waals surface area contributed by atoms with Gasteiger partial charge in [0.2, 0.25) is 11.7 Å². The van der Waals surface area contributed by atoms with Crippen LogP contribution in [0.25, 0.3) is 11.4 Å². The lowest BCUT2D eigenvalue weighted by Crippen LogP contribution is -2.49. The summed E-state index contributed by atoms with van der Waals surface area (Å²) in [5, 5.41) is 12.4. The second-order valence-corrected chi connectivity index (χ2v) is 6.01. The molecular formula is C16H21N5O2. The Balaban J connectivity index is 1.69. The Morgan fingerprint density at radius 3 is 2.65 bits per heavy atom. The molecule has 2 unspecified atom stereocenters. The summed E-state index contributed by atoms with van der Waals surface area (Å²) in [6.45, 7) is 7.24. The number of aromatic nitrogens is 4. The molecule has 1 aliphatic rings. The molecule has 0 saturated carbocycles. The van der Waals surface area contributed by atoms with Crippen LogP contribution in [0.2, 0.25) is 0 Å². The largest absolute Gasteiger partial charge is 0.372 e. The molecule has 1 saturated heterocycles. The molecule has 122 valence electrons. The summed E-state index contributed by atoms with van der Waals surface area (Å²) >= 11 is 0. The fourth-order valence-corrected chi connectivity index (χ4v) is 2.84. The molecule has 23 heavy (non-hydrogen) atoms. The van der Waals surface area contributed by atoms with Crippen LogP contribution in [0.5, 0.6) is 0 Å². The van der Waals surface area contributed by atoms with E-state index in [-0.39, 0.29) is 24.7 Å². The predicted molar refractivity (Wildman–Crippen MR) is 84.6 cm³/mol. The minimum Gasteiger partial charge on any atom is -0.372 e. The summed E-state index contributed by atoms with van der Waals surface area (Å²) in [7, 11) is 0. The number of amides is 1. The summed E-state index contributed by atoms with van der Waals surface area (Å²) in [5.41, 5.74) is 2.01. The van der Waals surface area contributed by atoms with E-state index >= 15 is 0 Å². The molecule has 1 aliphatic heterocycles. The van der Waals surface area contributed by atoms with Crippen molar-refractivity contribution >= 4 is 5.91 Å². The SMILES string of the molecule is Cc1ccccc1-c1nnn(CC(=O)N2CC(C)OC(C)C2)n1. The van der Waals surface area contributed by atoms with Crippen molar-refractivity contribution in [1.29, 1.82) is 0 Å². The number of carbonyl (C=O) groups is 1. The van der Waals surface area contributed by atoms with Gasteiger partial charge in [0.25, 0.3) is 0 Å². The fraction of sp³-hybridized carbons (Fsp3) is 0.500. The van der Waals surface area contributed by atoms with Gasteiger partial charge in [-0.3, -0.25) is 4.79 Å². The highest BCUT2D eigenvalue weighted by atomic mass is 16.5. The third-order valence-electron chi connectivity index (χ3n) is 3.89. The van der Waals surface area contributed by atoms with Gasteiger partial charge in [0.15, 0.2) is 0 Å². The molecule has 2 heterocycles. The van der Waals surface area contributed by atoms with E-state index in [0.29, 0.717) is 18.9 Å². The Kier molecular flexibility index (Phi) is 4.38. The van der Waals surface area contributed by atoms with Crippen molar-refractivity contribution in [1.82, 2.24) is 25.1 Å². The first-order valence-corrected chi connectivity index (χ1v) is 7.80. The lowest BCUT2D eigenvalue weighted by atomic mass is 10.1. The summed E-state index contributed by atoms with van der Waals surface area (Å²) in [5.74, 6) is 0.528. The number of morpholine rings is 1. The van der Waals surface area contributed by atoms with E-state index < -0.39 is 0 Å². The highest BCUT2D eigenvalue weighted by Crippen LogP contribution is 2.18. The van der Waals surface area contributed by atoms with E-state index in [1.165, 1.54) is 4.80 Å². The van der Waals surface area contributed by atoms with E-state index in [1.807, 2.05) is 45.0 Å². The van der Waals surface area contributed by atoms with E-state index in [9.17, 15) is 4.79 Å². The highest BCUT2D eigenvalue weighted by molar-refractivity contribution is 5.76. The minimum atomic E-state index is -0.0132. The van der Waals surface area contributed by atoms with Crippen LogP contribution in [0.4, 0.5) is 0 Å². The molecule has 2 aromatic rings. The van der Waals surface area contributed by atoms with Crippen molar-refractivity contribution < 1.29 is 9.53 Å². The van der Waals surface area contributed by atoms with E-state index in [4.69, 9.17) is 4.74 Å². The van der Waals surface area contributed by atoms with E-state index in [2.05, 4.69) is 15.4 Å². The van der Waals surface area contributed by atoms with Crippen molar-refractivity contribution in [2.24, 2.45) is 0 Å². The first-order valence-electron chi connectivity index (χ1n) is 7.80. The van der Waals surface area contributed by atoms with E-state index in [0.717, 1.165) is 11.1 Å². The van der Waals surface area contributed by atoms with Crippen LogP contribution >= 0.6 is 0 Å². The van der Waals surface area contributed by atoms with Crippen LogP contribution in [0, 0.1) is 6.92 Å². The Morgan fingerprint density at radius 1 is 1.26 bits per heavy atom. The minimum absolute atomic E-state index is 0.0132. The third-order valence-corrected chi connectivity index (χ3v) is 3.89. The number of benzene rings is 1. The summed E-state index contributed by atoms with van der Waals surface area (Å²) in [4.78, 5) is 15.6. The van der Waals surface area contributed by atoms with Crippen molar-refractivity contribution in [2.45, 2.75) is 39.5 Å². The van der Waals surface area contributed by atoms with E-state index in [1.54, 1.807) is 4.90 Å². The molecule has 1 aromatic carbocycles. The maximum absolute atomic E-state index is 12.4. The van der Waals surface area contributed by atoms with Crippen molar-refractivity contribution in [3.8, 4) is 11.4 Å². The zero-order valence-electron chi connectivity index (χ0n) is 13.6. The standard InChI is InChI=1S/C16H21N5O2/c1-11-6-4-5-7-14(11)16-17-19-21(18-16)10-15(22)20-8-12(2)23-13(3)9-20/h4-7,12-13H,8-10H2,1-3H3. The number of carbonyl (C=O) groups excluding carboxylic acids is 1. The van der Waals surface area contributed by atoms with Crippen molar-refractivity contribution in [3.63, 3.8) is 0 Å². The Hall–Kier alpha value is -2.28. The van der Waals surface area contributed by atoms with Crippen LogP contribution in [-0.2, 0) is 16.1 Å². The average molecular weight is 315 g/mol. The molecular weight excluding hydrogens is 294 g/mol. The lowest BCUT2D eigenvalue weighted by Gasteiger charge is -2.35. The zero-order valence-corrected chi connectivity index (χ0v) is 13.6. The monoisotopic (exact) mass is 315 g/mol. The van der Waals surface area contributed by atoms with Crippen molar-refractivity contribution in [3.05, 3.63) is 29.8 Å². The molecule has 0 radical (unpaired) electrons. The van der Waals surface area contributed by atoms with Crippen LogP contribution in [0.15, 0.2) is 24.3 Å². The molecule has 1 fully saturated rings. The number of tetrazole rings is 1. The number of nitrogens with zero attached hydrogens (tertiary/aromatic N) is 5. The third kappa shape index (κ3) is 3.56. The smallest absolute Gasteiger partial charge is 0.246 e. The number of rotatable bonds is 3. The Morgan fingerprint density at radius 2 is 1.96 bits per heavy atom. The molecule has 0 spiro atoms. The number of aryl methyl sites for hydroxylation is 1. The normalized spacial score (nSPS) is 21.4. The topological polar surface area (TPSA) is 73.1 Å². The van der Waals surface area contributed by atoms with Gasteiger partial charge in [-0.05, 0) is 31.5 Å². The van der Waals surface area contributed by atoms with Crippen LogP contribution in [0.1, 0.15) is 19.4 Å². The molecule has 0 N–H and O–H groups in total. The van der Waals surface area contributed by atoms with Gasteiger partial charge in [-0.1, -0.05) is 24.3 Å². The van der Waals surface area contributed by atoms with Gasteiger partial charge in [0.1, 0.15) is 6.54 Å². The van der Waals surface area contributed by atoms with Gasteiger partial charge in [0, 0.05) is 18.7 Å². The van der Waals surface area contributed by atoms with Gasteiger partial charge in [-0.15, -0.1) is 10.2 Å². The van der Waals surface area contributed by atoms with Gasteiger partial charge >= 0.3 is 0 Å². The van der Waals surface area contributed by atoms with Crippen molar-refractivity contribution in [2.75, 3.05) is 13.1 Å². The first kappa shape index (κ1) is 15.6. The Bertz CT molecular complexity index is 689. The molecule has 2 atom stereocenters. The second-order valence-electron chi connectivity index (χ2n) is 6.01. The maximum atomic E-state index is 12.4. The number of hydrogen-bond donors (Lipinski definition) is 0. The summed E-state index contributed by atoms with van der Waals surface area (Å²) < 4.78 is 5.65. The number of ether oxygens (including phenoxy) is 1. The fourth-order valence-electron chi connectivity index (χ4n) is 2.84. The molecule has 7 nitrogen and oxygen atoms in total. The molecule has 0 bridgehead atoms. The van der Waals surface area contributed by atoms with Gasteiger partial charge in [-0.2, -0.15) is 4.80 Å². The second kappa shape index (κ2) is 6.45. The quantitative estimate of drug-likeness (QED) is 0.853. The lowest BCUT2D eigenvalue weighted by molar-refractivity contribution is -0.144. The molecule has 1 amide bonds. The van der Waals surface area contributed by atoms with Gasteiger partial charge in [-0.25, -0.2) is 0 Å². The maximum Gasteiger partial charge on any atom is 0.246 e. The highest BCUT2D eigenvalue weighted by Gasteiger charge is 2.26. The molecule has 3 rings (SSSR count). The average Bonchev–Trinajstić information content (AvgIpc) is 2.95.